The molecule has 0 saturated heterocycles. The van der Waals surface area contributed by atoms with Crippen LogP contribution in [-0.4, -0.2) is 4.98 Å². The van der Waals surface area contributed by atoms with Crippen LogP contribution in [0.4, 0.5) is 8.78 Å². The number of benzene rings is 1. The molecule has 0 saturated carbocycles. The third-order valence-corrected chi connectivity index (χ3v) is 2.60. The third-order valence-electron chi connectivity index (χ3n) is 2.60. The smallest absolute Gasteiger partial charge is 0.163 e. The molecule has 0 amide bonds. The summed E-state index contributed by atoms with van der Waals surface area (Å²) in [6.45, 7) is 1.82. The number of hydrogen-bond donors (Lipinski definition) is 1. The molecule has 4 heteroatoms. The van der Waals surface area contributed by atoms with E-state index in [0.717, 1.165) is 11.8 Å². The lowest BCUT2D eigenvalue weighted by atomic mass is 9.99. The minimum atomic E-state index is -0.894. The molecular weight excluding hydrogens is 222 g/mol. The van der Waals surface area contributed by atoms with Crippen molar-refractivity contribution in [2.45, 2.75) is 13.0 Å². The van der Waals surface area contributed by atoms with Crippen molar-refractivity contribution in [1.82, 2.24) is 4.98 Å². The fourth-order valence-electron chi connectivity index (χ4n) is 1.70. The summed E-state index contributed by atoms with van der Waals surface area (Å²) in [6, 6.07) is 6.77. The van der Waals surface area contributed by atoms with Crippen molar-refractivity contribution in [3.8, 4) is 0 Å². The van der Waals surface area contributed by atoms with Gasteiger partial charge in [-0.15, -0.1) is 0 Å². The molecule has 0 bridgehead atoms. The van der Waals surface area contributed by atoms with E-state index in [2.05, 4.69) is 4.98 Å². The Hall–Kier alpha value is -1.81. The highest BCUT2D eigenvalue weighted by Gasteiger charge is 2.16. The number of hydrogen-bond acceptors (Lipinski definition) is 2. The highest BCUT2D eigenvalue weighted by molar-refractivity contribution is 5.32. The molecule has 0 aliphatic carbocycles. The van der Waals surface area contributed by atoms with Crippen molar-refractivity contribution >= 4 is 0 Å². The number of rotatable bonds is 2. The predicted molar refractivity (Wildman–Crippen MR) is 61.4 cm³/mol. The lowest BCUT2D eigenvalue weighted by Crippen LogP contribution is -2.14. The van der Waals surface area contributed by atoms with Gasteiger partial charge in [-0.25, -0.2) is 8.78 Å². The van der Waals surface area contributed by atoms with Crippen LogP contribution in [-0.2, 0) is 0 Å². The predicted octanol–water partition coefficient (Wildman–Crippen LogP) is 2.72. The van der Waals surface area contributed by atoms with Crippen LogP contribution in [0.2, 0.25) is 0 Å². The molecule has 2 N–H and O–H groups in total. The normalized spacial score (nSPS) is 12.5. The molecule has 88 valence electrons. The van der Waals surface area contributed by atoms with Gasteiger partial charge in [0.2, 0.25) is 0 Å². The lowest BCUT2D eigenvalue weighted by molar-refractivity contribution is 0.494. The zero-order chi connectivity index (χ0) is 12.4. The minimum absolute atomic E-state index is 0.149. The maximum atomic E-state index is 13.6. The molecule has 0 fully saturated rings. The first-order chi connectivity index (χ1) is 8.09. The Morgan fingerprint density at radius 1 is 1.24 bits per heavy atom. The molecule has 1 aromatic heterocycles. The van der Waals surface area contributed by atoms with Gasteiger partial charge in [0, 0.05) is 17.5 Å². The summed E-state index contributed by atoms with van der Waals surface area (Å²) in [7, 11) is 0. The molecule has 2 nitrogen and oxygen atoms in total. The van der Waals surface area contributed by atoms with Gasteiger partial charge in [0.25, 0.3) is 0 Å². The summed E-state index contributed by atoms with van der Waals surface area (Å²) in [5, 5.41) is 0. The fraction of sp³-hybridized carbons (Fsp3) is 0.154. The first kappa shape index (κ1) is 11.7. The van der Waals surface area contributed by atoms with Crippen molar-refractivity contribution in [2.75, 3.05) is 0 Å². The van der Waals surface area contributed by atoms with E-state index in [1.807, 2.05) is 6.92 Å². The van der Waals surface area contributed by atoms with E-state index < -0.39 is 17.7 Å². The van der Waals surface area contributed by atoms with Gasteiger partial charge in [0.15, 0.2) is 11.6 Å². The Kier molecular flexibility index (Phi) is 3.15. The largest absolute Gasteiger partial charge is 0.320 e. The van der Waals surface area contributed by atoms with Gasteiger partial charge in [-0.05, 0) is 30.7 Å². The zero-order valence-electron chi connectivity index (χ0n) is 9.32. The molecule has 1 heterocycles. The Bertz CT molecular complexity index is 541. The zero-order valence-corrected chi connectivity index (χ0v) is 9.32. The highest BCUT2D eigenvalue weighted by Crippen LogP contribution is 2.23. The number of nitrogens with zero attached hydrogens (tertiary/aromatic N) is 1. The molecule has 0 aliphatic heterocycles. The minimum Gasteiger partial charge on any atom is -0.320 e. The van der Waals surface area contributed by atoms with E-state index >= 15 is 0 Å². The standard InChI is InChI=1S/C13H12F2N2/c1-8-7-9(5-6-17-8)13(16)10-3-2-4-11(14)12(10)15/h2-7,13H,16H2,1H3. The maximum Gasteiger partial charge on any atom is 0.163 e. The second-order valence-electron chi connectivity index (χ2n) is 3.85. The van der Waals surface area contributed by atoms with E-state index in [0.29, 0.717) is 5.56 Å². The molecule has 0 aliphatic rings. The van der Waals surface area contributed by atoms with Crippen molar-refractivity contribution in [1.29, 1.82) is 0 Å². The highest BCUT2D eigenvalue weighted by atomic mass is 19.2. The summed E-state index contributed by atoms with van der Waals surface area (Å²) < 4.78 is 26.7. The molecule has 1 atom stereocenters. The topological polar surface area (TPSA) is 38.9 Å². The average Bonchev–Trinajstić information content (AvgIpc) is 2.32. The number of aryl methyl sites for hydroxylation is 1. The number of aromatic nitrogens is 1. The summed E-state index contributed by atoms with van der Waals surface area (Å²) >= 11 is 0. The molecule has 2 rings (SSSR count). The van der Waals surface area contributed by atoms with E-state index in [9.17, 15) is 8.78 Å². The molecule has 1 aromatic carbocycles. The van der Waals surface area contributed by atoms with Crippen LogP contribution in [0.1, 0.15) is 22.9 Å². The van der Waals surface area contributed by atoms with Gasteiger partial charge in [-0.3, -0.25) is 4.98 Å². The Labute approximate surface area is 98.1 Å². The number of halogens is 2. The summed E-state index contributed by atoms with van der Waals surface area (Å²) in [5.74, 6) is -1.78. The molecule has 1 unspecified atom stereocenters. The van der Waals surface area contributed by atoms with Gasteiger partial charge in [0.05, 0.1) is 6.04 Å². The van der Waals surface area contributed by atoms with Crippen molar-refractivity contribution < 1.29 is 8.78 Å². The summed E-state index contributed by atoms with van der Waals surface area (Å²) in [4.78, 5) is 4.03. The monoisotopic (exact) mass is 234 g/mol. The fourth-order valence-corrected chi connectivity index (χ4v) is 1.70. The van der Waals surface area contributed by atoms with Crippen LogP contribution in [0.3, 0.4) is 0 Å². The summed E-state index contributed by atoms with van der Waals surface area (Å²) in [5.41, 5.74) is 7.57. The summed E-state index contributed by atoms with van der Waals surface area (Å²) in [6.07, 6.45) is 1.60. The molecular formula is C13H12F2N2. The van der Waals surface area contributed by atoms with Crippen molar-refractivity contribution in [2.24, 2.45) is 5.73 Å². The lowest BCUT2D eigenvalue weighted by Gasteiger charge is -2.13. The molecule has 0 radical (unpaired) electrons. The van der Waals surface area contributed by atoms with Crippen molar-refractivity contribution in [3.63, 3.8) is 0 Å². The first-order valence-electron chi connectivity index (χ1n) is 5.21. The van der Waals surface area contributed by atoms with Gasteiger partial charge < -0.3 is 5.73 Å². The third kappa shape index (κ3) is 2.31. The average molecular weight is 234 g/mol. The Balaban J connectivity index is 2.44. The van der Waals surface area contributed by atoms with Crippen LogP contribution < -0.4 is 5.73 Å². The van der Waals surface area contributed by atoms with E-state index in [1.54, 1.807) is 18.3 Å². The molecule has 0 spiro atoms. The second kappa shape index (κ2) is 4.59. The molecule has 17 heavy (non-hydrogen) atoms. The van der Waals surface area contributed by atoms with E-state index in [4.69, 9.17) is 5.73 Å². The maximum absolute atomic E-state index is 13.6. The van der Waals surface area contributed by atoms with Gasteiger partial charge >= 0.3 is 0 Å². The molecule has 2 aromatic rings. The number of pyridine rings is 1. The van der Waals surface area contributed by atoms with Crippen LogP contribution in [0.25, 0.3) is 0 Å². The van der Waals surface area contributed by atoms with Crippen LogP contribution >= 0.6 is 0 Å². The van der Waals surface area contributed by atoms with Gasteiger partial charge in [-0.2, -0.15) is 0 Å². The van der Waals surface area contributed by atoms with Crippen LogP contribution in [0, 0.1) is 18.6 Å². The van der Waals surface area contributed by atoms with Crippen LogP contribution in [0.15, 0.2) is 36.5 Å². The Morgan fingerprint density at radius 3 is 2.71 bits per heavy atom. The van der Waals surface area contributed by atoms with E-state index in [-0.39, 0.29) is 5.56 Å². The SMILES string of the molecule is Cc1cc(C(N)c2cccc(F)c2F)ccn1. The van der Waals surface area contributed by atoms with Crippen LogP contribution in [0.5, 0.6) is 0 Å². The number of nitrogens with two attached hydrogens (primary N) is 1. The van der Waals surface area contributed by atoms with Crippen molar-refractivity contribution in [3.05, 3.63) is 65.0 Å². The first-order valence-corrected chi connectivity index (χ1v) is 5.21. The quantitative estimate of drug-likeness (QED) is 0.867. The second-order valence-corrected chi connectivity index (χ2v) is 3.85. The van der Waals surface area contributed by atoms with E-state index in [1.165, 1.54) is 12.1 Å². The van der Waals surface area contributed by atoms with Gasteiger partial charge in [-0.1, -0.05) is 12.1 Å². The van der Waals surface area contributed by atoms with Gasteiger partial charge in [0.1, 0.15) is 0 Å². The Morgan fingerprint density at radius 2 is 2.00 bits per heavy atom.